The largest absolute Gasteiger partial charge is 0.478 e. The molecule has 0 bridgehead atoms. The molecule has 2 rings (SSSR count). The van der Waals surface area contributed by atoms with Gasteiger partial charge in [0.05, 0.1) is 11.1 Å². The van der Waals surface area contributed by atoms with Gasteiger partial charge in [-0.1, -0.05) is 19.1 Å². The number of rotatable bonds is 5. The molecule has 1 unspecified atom stereocenters. The van der Waals surface area contributed by atoms with Gasteiger partial charge in [0.15, 0.2) is 0 Å². The number of carboxylic acids is 1. The van der Waals surface area contributed by atoms with Crippen molar-refractivity contribution in [3.8, 4) is 0 Å². The monoisotopic (exact) mass is 247 g/mol. The average Bonchev–Trinajstić information content (AvgIpc) is 3.19. The minimum absolute atomic E-state index is 0.0501. The lowest BCUT2D eigenvalue weighted by molar-refractivity contribution is 0.0691. The van der Waals surface area contributed by atoms with Gasteiger partial charge in [-0.3, -0.25) is 4.79 Å². The molecular weight excluding hydrogens is 230 g/mol. The molecule has 1 aliphatic carbocycles. The Balaban J connectivity index is 2.01. The van der Waals surface area contributed by atoms with Crippen LogP contribution in [0.25, 0.3) is 0 Å². The lowest BCUT2D eigenvalue weighted by Gasteiger charge is -2.12. The quantitative estimate of drug-likeness (QED) is 0.838. The van der Waals surface area contributed by atoms with Gasteiger partial charge in [-0.2, -0.15) is 0 Å². The van der Waals surface area contributed by atoms with E-state index in [9.17, 15) is 9.59 Å². The van der Waals surface area contributed by atoms with Gasteiger partial charge in [0.1, 0.15) is 0 Å². The Morgan fingerprint density at radius 1 is 1.33 bits per heavy atom. The van der Waals surface area contributed by atoms with Gasteiger partial charge in [0, 0.05) is 6.54 Å². The zero-order chi connectivity index (χ0) is 13.1. The van der Waals surface area contributed by atoms with Crippen LogP contribution >= 0.6 is 0 Å². The van der Waals surface area contributed by atoms with Crippen LogP contribution in [0, 0.1) is 11.8 Å². The summed E-state index contributed by atoms with van der Waals surface area (Å²) in [6, 6.07) is 6.28. The molecule has 0 heterocycles. The van der Waals surface area contributed by atoms with Crippen molar-refractivity contribution in [2.45, 2.75) is 19.8 Å². The van der Waals surface area contributed by atoms with Crippen LogP contribution in [0.15, 0.2) is 24.3 Å². The number of carbonyl (C=O) groups excluding carboxylic acids is 1. The zero-order valence-electron chi connectivity index (χ0n) is 10.3. The second-order valence-electron chi connectivity index (χ2n) is 4.88. The molecule has 1 aromatic rings. The molecule has 0 spiro atoms. The van der Waals surface area contributed by atoms with Crippen LogP contribution in [0.4, 0.5) is 0 Å². The Labute approximate surface area is 106 Å². The maximum absolute atomic E-state index is 11.9. The molecule has 1 aromatic carbocycles. The standard InChI is InChI=1S/C14H17NO3/c1-9(10-6-7-10)8-15-13(16)11-4-2-3-5-12(11)14(17)18/h2-5,9-10H,6-8H2,1H3,(H,15,16)(H,17,18). The van der Waals surface area contributed by atoms with Crippen LogP contribution in [0.1, 0.15) is 40.5 Å². The van der Waals surface area contributed by atoms with E-state index in [0.717, 1.165) is 5.92 Å². The van der Waals surface area contributed by atoms with Gasteiger partial charge in [-0.15, -0.1) is 0 Å². The summed E-state index contributed by atoms with van der Waals surface area (Å²) in [5.41, 5.74) is 0.280. The fraction of sp³-hybridized carbons (Fsp3) is 0.429. The number of hydrogen-bond donors (Lipinski definition) is 2. The van der Waals surface area contributed by atoms with Gasteiger partial charge in [0.2, 0.25) is 0 Å². The first-order valence-corrected chi connectivity index (χ1v) is 6.20. The molecule has 96 valence electrons. The molecule has 18 heavy (non-hydrogen) atoms. The van der Waals surface area contributed by atoms with Crippen molar-refractivity contribution in [2.24, 2.45) is 11.8 Å². The zero-order valence-corrected chi connectivity index (χ0v) is 10.3. The summed E-state index contributed by atoms with van der Waals surface area (Å²) in [4.78, 5) is 22.9. The van der Waals surface area contributed by atoms with Crippen molar-refractivity contribution in [1.82, 2.24) is 5.32 Å². The Hall–Kier alpha value is -1.84. The van der Waals surface area contributed by atoms with Crippen LogP contribution in [-0.4, -0.2) is 23.5 Å². The third-order valence-corrected chi connectivity index (χ3v) is 3.41. The highest BCUT2D eigenvalue weighted by Gasteiger charge is 2.28. The first kappa shape index (κ1) is 12.6. The summed E-state index contributed by atoms with van der Waals surface area (Å²) in [6.07, 6.45) is 2.48. The minimum atomic E-state index is -1.07. The number of benzene rings is 1. The van der Waals surface area contributed by atoms with Crippen molar-refractivity contribution in [2.75, 3.05) is 6.54 Å². The molecule has 0 saturated heterocycles. The van der Waals surface area contributed by atoms with Crippen molar-refractivity contribution < 1.29 is 14.7 Å². The Morgan fingerprint density at radius 3 is 2.50 bits per heavy atom. The second-order valence-corrected chi connectivity index (χ2v) is 4.88. The van der Waals surface area contributed by atoms with Crippen molar-refractivity contribution >= 4 is 11.9 Å². The molecule has 1 fully saturated rings. The normalized spacial score (nSPS) is 16.1. The first-order valence-electron chi connectivity index (χ1n) is 6.20. The summed E-state index contributed by atoms with van der Waals surface area (Å²) in [5, 5.41) is 11.8. The molecule has 1 atom stereocenters. The average molecular weight is 247 g/mol. The Morgan fingerprint density at radius 2 is 1.94 bits per heavy atom. The lowest BCUT2D eigenvalue weighted by atomic mass is 10.0. The van der Waals surface area contributed by atoms with E-state index in [-0.39, 0.29) is 17.0 Å². The SMILES string of the molecule is CC(CNC(=O)c1ccccc1C(=O)O)C1CC1. The van der Waals surface area contributed by atoms with E-state index in [1.807, 2.05) is 0 Å². The summed E-state index contributed by atoms with van der Waals surface area (Å²) >= 11 is 0. The summed E-state index contributed by atoms with van der Waals surface area (Å²) in [5.74, 6) is -0.192. The summed E-state index contributed by atoms with van der Waals surface area (Å²) in [6.45, 7) is 2.72. The van der Waals surface area contributed by atoms with E-state index >= 15 is 0 Å². The molecule has 0 aromatic heterocycles. The van der Waals surface area contributed by atoms with Crippen LogP contribution in [0.3, 0.4) is 0 Å². The van der Waals surface area contributed by atoms with Gasteiger partial charge < -0.3 is 10.4 Å². The third-order valence-electron chi connectivity index (χ3n) is 3.41. The smallest absolute Gasteiger partial charge is 0.336 e. The molecule has 0 aliphatic heterocycles. The molecular formula is C14H17NO3. The number of aromatic carboxylic acids is 1. The van der Waals surface area contributed by atoms with Crippen LogP contribution in [0.5, 0.6) is 0 Å². The molecule has 1 amide bonds. The molecule has 0 radical (unpaired) electrons. The Bertz CT molecular complexity index is 466. The summed E-state index contributed by atoms with van der Waals surface area (Å²) < 4.78 is 0. The molecule has 4 nitrogen and oxygen atoms in total. The van der Waals surface area contributed by atoms with E-state index < -0.39 is 5.97 Å². The highest BCUT2D eigenvalue weighted by Crippen LogP contribution is 2.36. The van der Waals surface area contributed by atoms with Gasteiger partial charge >= 0.3 is 5.97 Å². The van der Waals surface area contributed by atoms with Gasteiger partial charge in [-0.25, -0.2) is 4.79 Å². The van der Waals surface area contributed by atoms with Gasteiger partial charge in [-0.05, 0) is 36.8 Å². The van der Waals surface area contributed by atoms with Crippen LogP contribution < -0.4 is 5.32 Å². The molecule has 2 N–H and O–H groups in total. The number of nitrogens with one attached hydrogen (secondary N) is 1. The highest BCUT2D eigenvalue weighted by molar-refractivity contribution is 6.04. The van der Waals surface area contributed by atoms with E-state index in [4.69, 9.17) is 5.11 Å². The molecule has 1 saturated carbocycles. The number of carbonyl (C=O) groups is 2. The van der Waals surface area contributed by atoms with E-state index in [0.29, 0.717) is 12.5 Å². The number of carboxylic acid groups (broad SMARTS) is 1. The van der Waals surface area contributed by atoms with Crippen molar-refractivity contribution in [3.63, 3.8) is 0 Å². The summed E-state index contributed by atoms with van der Waals surface area (Å²) in [7, 11) is 0. The predicted molar refractivity (Wildman–Crippen MR) is 67.6 cm³/mol. The van der Waals surface area contributed by atoms with E-state index in [1.165, 1.54) is 18.9 Å². The van der Waals surface area contributed by atoms with Crippen molar-refractivity contribution in [1.29, 1.82) is 0 Å². The molecule has 1 aliphatic rings. The predicted octanol–water partition coefficient (Wildman–Crippen LogP) is 2.16. The second kappa shape index (κ2) is 5.21. The number of amides is 1. The van der Waals surface area contributed by atoms with Crippen LogP contribution in [-0.2, 0) is 0 Å². The van der Waals surface area contributed by atoms with Crippen LogP contribution in [0.2, 0.25) is 0 Å². The topological polar surface area (TPSA) is 66.4 Å². The maximum atomic E-state index is 11.9. The molecule has 4 heteroatoms. The number of hydrogen-bond acceptors (Lipinski definition) is 2. The van der Waals surface area contributed by atoms with E-state index in [2.05, 4.69) is 12.2 Å². The minimum Gasteiger partial charge on any atom is -0.478 e. The lowest BCUT2D eigenvalue weighted by Crippen LogP contribution is -2.30. The fourth-order valence-corrected chi connectivity index (χ4v) is 2.05. The fourth-order valence-electron chi connectivity index (χ4n) is 2.05. The Kier molecular flexibility index (Phi) is 3.65. The maximum Gasteiger partial charge on any atom is 0.336 e. The third kappa shape index (κ3) is 2.88. The first-order chi connectivity index (χ1) is 8.59. The van der Waals surface area contributed by atoms with Gasteiger partial charge in [0.25, 0.3) is 5.91 Å². The highest BCUT2D eigenvalue weighted by atomic mass is 16.4. The van der Waals surface area contributed by atoms with Crippen molar-refractivity contribution in [3.05, 3.63) is 35.4 Å². The van der Waals surface area contributed by atoms with E-state index in [1.54, 1.807) is 18.2 Å².